The van der Waals surface area contributed by atoms with Crippen LogP contribution in [0.3, 0.4) is 0 Å². The number of hydrogen-bond acceptors (Lipinski definition) is 7. The first-order valence-corrected chi connectivity index (χ1v) is 10.2. The van der Waals surface area contributed by atoms with Crippen molar-refractivity contribution >= 4 is 34.2 Å². The Labute approximate surface area is 186 Å². The summed E-state index contributed by atoms with van der Waals surface area (Å²) in [5.41, 5.74) is -0.895. The lowest BCUT2D eigenvalue weighted by molar-refractivity contribution is -0.138. The highest BCUT2D eigenvalue weighted by Crippen LogP contribution is 2.29. The molecule has 1 aromatic carbocycles. The molecule has 8 nitrogen and oxygen atoms in total. The number of anilines is 1. The Morgan fingerprint density at radius 2 is 1.69 bits per heavy atom. The van der Waals surface area contributed by atoms with Crippen LogP contribution < -0.4 is 9.64 Å². The molecule has 1 fully saturated rings. The maximum atomic E-state index is 12.6. The molecule has 0 radical (unpaired) electrons. The fraction of sp³-hybridized carbons (Fsp3) is 0.350. The maximum Gasteiger partial charge on any atom is 0.419 e. The molecule has 3 aromatic rings. The number of hydrogen-bond donors (Lipinski definition) is 0. The number of rotatable bonds is 5. The van der Waals surface area contributed by atoms with E-state index in [1.807, 2.05) is 24.3 Å². The van der Waals surface area contributed by atoms with Crippen molar-refractivity contribution in [2.45, 2.75) is 12.6 Å². The molecule has 0 spiro atoms. The molecule has 3 heterocycles. The number of carbonyl (C=O) groups is 1. The summed E-state index contributed by atoms with van der Waals surface area (Å²) in [5.74, 6) is 0.424. The van der Waals surface area contributed by atoms with Crippen LogP contribution in [0.25, 0.3) is 10.8 Å². The Balaban J connectivity index is 1.28. The molecule has 0 N–H and O–H groups in total. The molecule has 0 atom stereocenters. The van der Waals surface area contributed by atoms with Crippen molar-refractivity contribution in [3.05, 3.63) is 47.4 Å². The van der Waals surface area contributed by atoms with Gasteiger partial charge in [-0.25, -0.2) is 9.97 Å². The molecule has 1 aliphatic heterocycles. The van der Waals surface area contributed by atoms with E-state index in [9.17, 15) is 18.0 Å². The second-order valence-corrected chi connectivity index (χ2v) is 7.44. The fourth-order valence-corrected chi connectivity index (χ4v) is 3.54. The lowest BCUT2D eigenvalue weighted by atomic mass is 10.2. The molecule has 4 rings (SSSR count). The van der Waals surface area contributed by atoms with Gasteiger partial charge in [0.15, 0.2) is 5.15 Å². The maximum absolute atomic E-state index is 12.6. The molecular formula is C20H18ClF3N6O2. The Bertz CT molecular complexity index is 1100. The summed E-state index contributed by atoms with van der Waals surface area (Å²) in [5, 5.41) is 9.53. The van der Waals surface area contributed by atoms with Crippen molar-refractivity contribution in [3.63, 3.8) is 0 Å². The number of carbonyl (C=O) groups excluding carboxylic acids is 1. The van der Waals surface area contributed by atoms with E-state index >= 15 is 0 Å². The van der Waals surface area contributed by atoms with E-state index < -0.39 is 11.7 Å². The van der Waals surface area contributed by atoms with Crippen LogP contribution in [0.5, 0.6) is 5.88 Å². The van der Waals surface area contributed by atoms with Gasteiger partial charge in [0.1, 0.15) is 0 Å². The van der Waals surface area contributed by atoms with Gasteiger partial charge in [0, 0.05) is 49.3 Å². The van der Waals surface area contributed by atoms with E-state index in [1.165, 1.54) is 0 Å². The molecule has 1 saturated heterocycles. The van der Waals surface area contributed by atoms with E-state index in [2.05, 4.69) is 20.2 Å². The number of fused-ring (bicyclic) bond motifs is 1. The fourth-order valence-electron chi connectivity index (χ4n) is 3.33. The van der Waals surface area contributed by atoms with E-state index in [0.717, 1.165) is 12.4 Å². The molecule has 0 bridgehead atoms. The molecule has 0 aliphatic carbocycles. The highest BCUT2D eigenvalue weighted by Gasteiger charge is 2.32. The Hall–Kier alpha value is -3.21. The average Bonchev–Trinajstić information content (AvgIpc) is 2.80. The largest absolute Gasteiger partial charge is 0.476 e. The number of benzene rings is 1. The number of ether oxygens (including phenoxy) is 1. The van der Waals surface area contributed by atoms with Gasteiger partial charge >= 0.3 is 6.18 Å². The topological polar surface area (TPSA) is 84.3 Å². The van der Waals surface area contributed by atoms with E-state index in [4.69, 9.17) is 16.3 Å². The zero-order valence-corrected chi connectivity index (χ0v) is 17.5. The number of halogens is 4. The van der Waals surface area contributed by atoms with Crippen LogP contribution in [-0.2, 0) is 11.0 Å². The molecule has 32 heavy (non-hydrogen) atoms. The number of nitrogens with zero attached hydrogens (tertiary/aromatic N) is 6. The molecule has 1 aliphatic rings. The summed E-state index contributed by atoms with van der Waals surface area (Å²) >= 11 is 6.05. The zero-order valence-electron chi connectivity index (χ0n) is 16.7. The zero-order chi connectivity index (χ0) is 22.7. The minimum absolute atomic E-state index is 0.0933. The second-order valence-electron chi connectivity index (χ2n) is 7.08. The lowest BCUT2D eigenvalue weighted by Gasteiger charge is -2.34. The number of aromatic nitrogens is 4. The molecule has 2 aromatic heterocycles. The molecule has 0 unspecified atom stereocenters. The van der Waals surface area contributed by atoms with Gasteiger partial charge in [-0.3, -0.25) is 4.79 Å². The quantitative estimate of drug-likeness (QED) is 0.571. The van der Waals surface area contributed by atoms with Gasteiger partial charge in [0.2, 0.25) is 17.7 Å². The number of amides is 1. The summed E-state index contributed by atoms with van der Waals surface area (Å²) in [6.07, 6.45) is -2.80. The van der Waals surface area contributed by atoms with Crippen LogP contribution in [0.15, 0.2) is 36.7 Å². The van der Waals surface area contributed by atoms with Crippen molar-refractivity contribution in [2.75, 3.05) is 37.7 Å². The third kappa shape index (κ3) is 4.82. The Morgan fingerprint density at radius 3 is 2.34 bits per heavy atom. The third-order valence-electron chi connectivity index (χ3n) is 5.04. The molecule has 1 amide bonds. The smallest absolute Gasteiger partial charge is 0.419 e. The molecule has 12 heteroatoms. The van der Waals surface area contributed by atoms with Crippen LogP contribution in [0.1, 0.15) is 12.0 Å². The van der Waals surface area contributed by atoms with Crippen LogP contribution >= 0.6 is 11.6 Å². The average molecular weight is 467 g/mol. The normalized spacial score (nSPS) is 14.6. The van der Waals surface area contributed by atoms with E-state index in [0.29, 0.717) is 42.8 Å². The predicted molar refractivity (Wildman–Crippen MR) is 110 cm³/mol. The van der Waals surface area contributed by atoms with Crippen molar-refractivity contribution in [1.29, 1.82) is 0 Å². The van der Waals surface area contributed by atoms with Crippen LogP contribution in [-0.4, -0.2) is 63.8 Å². The van der Waals surface area contributed by atoms with Gasteiger partial charge in [-0.15, -0.1) is 10.2 Å². The number of alkyl halides is 3. The standard InChI is InChI=1S/C20H18ClF3N6O2/c21-17-14-3-1-2-4-15(14)18(28-27-17)32-10-5-16(31)29-6-8-30(9-7-29)19-25-11-13(12-26-19)20(22,23)24/h1-4,11-12H,5-10H2. The van der Waals surface area contributed by atoms with Gasteiger partial charge in [-0.1, -0.05) is 29.8 Å². The molecular weight excluding hydrogens is 449 g/mol. The highest BCUT2D eigenvalue weighted by molar-refractivity contribution is 6.34. The summed E-state index contributed by atoms with van der Waals surface area (Å²) in [4.78, 5) is 23.5. The first kappa shape index (κ1) is 22.0. The molecule has 0 saturated carbocycles. The van der Waals surface area contributed by atoms with Crippen LogP contribution in [0.2, 0.25) is 5.15 Å². The highest BCUT2D eigenvalue weighted by atomic mass is 35.5. The van der Waals surface area contributed by atoms with Crippen molar-refractivity contribution in [1.82, 2.24) is 25.1 Å². The summed E-state index contributed by atoms with van der Waals surface area (Å²) in [7, 11) is 0. The lowest BCUT2D eigenvalue weighted by Crippen LogP contribution is -2.49. The Morgan fingerprint density at radius 1 is 1.03 bits per heavy atom. The van der Waals surface area contributed by atoms with Gasteiger partial charge in [-0.05, 0) is 6.07 Å². The summed E-state index contributed by atoms with van der Waals surface area (Å²) in [6, 6.07) is 7.29. The second kappa shape index (κ2) is 9.11. The first-order chi connectivity index (χ1) is 15.3. The van der Waals surface area contributed by atoms with Crippen molar-refractivity contribution < 1.29 is 22.7 Å². The van der Waals surface area contributed by atoms with Crippen molar-refractivity contribution in [3.8, 4) is 5.88 Å². The summed E-state index contributed by atoms with van der Waals surface area (Å²) in [6.45, 7) is 1.79. The van der Waals surface area contributed by atoms with Crippen molar-refractivity contribution in [2.24, 2.45) is 0 Å². The van der Waals surface area contributed by atoms with Gasteiger partial charge in [-0.2, -0.15) is 13.2 Å². The summed E-state index contributed by atoms with van der Waals surface area (Å²) < 4.78 is 43.6. The molecule has 168 valence electrons. The minimum Gasteiger partial charge on any atom is -0.476 e. The van der Waals surface area contributed by atoms with Gasteiger partial charge in [0.25, 0.3) is 0 Å². The monoisotopic (exact) mass is 466 g/mol. The predicted octanol–water partition coefficient (Wildman–Crippen LogP) is 3.21. The van der Waals surface area contributed by atoms with Gasteiger partial charge in [0.05, 0.1) is 18.6 Å². The van der Waals surface area contributed by atoms with Gasteiger partial charge < -0.3 is 14.5 Å². The van der Waals surface area contributed by atoms with Crippen LogP contribution in [0.4, 0.5) is 19.1 Å². The first-order valence-electron chi connectivity index (χ1n) is 9.78. The minimum atomic E-state index is -4.48. The SMILES string of the molecule is O=C(CCOc1nnc(Cl)c2ccccc12)N1CCN(c2ncc(C(F)(F)F)cn2)CC1. The Kier molecular flexibility index (Phi) is 6.26. The van der Waals surface area contributed by atoms with E-state index in [1.54, 1.807) is 9.80 Å². The van der Waals surface area contributed by atoms with E-state index in [-0.39, 0.29) is 30.0 Å². The van der Waals surface area contributed by atoms with Crippen LogP contribution in [0, 0.1) is 0 Å². The number of piperazine rings is 1. The third-order valence-corrected chi connectivity index (χ3v) is 5.32.